The summed E-state index contributed by atoms with van der Waals surface area (Å²) in [6.07, 6.45) is 3.53. The van der Waals surface area contributed by atoms with Crippen molar-refractivity contribution in [2.45, 2.75) is 0 Å². The molecule has 1 aromatic rings. The topological polar surface area (TPSA) is 26.0 Å². The highest BCUT2D eigenvalue weighted by atomic mass is 35.5. The molecule has 0 fully saturated rings. The Morgan fingerprint density at radius 1 is 1.15 bits per heavy atom. The van der Waals surface area contributed by atoms with E-state index in [-0.39, 0.29) is 0 Å². The van der Waals surface area contributed by atoms with Crippen LogP contribution in [0.15, 0.2) is 18.2 Å². The maximum absolute atomic E-state index is 5.93. The maximum Gasteiger partial charge on any atom is 0.0679 e. The minimum absolute atomic E-state index is 0.444. The Morgan fingerprint density at radius 2 is 1.77 bits per heavy atom. The molecule has 0 radical (unpaired) electrons. The summed E-state index contributed by atoms with van der Waals surface area (Å²) >= 11 is 17.6. The molecule has 0 unspecified atom stereocenters. The van der Waals surface area contributed by atoms with Gasteiger partial charge in [0.2, 0.25) is 0 Å². The van der Waals surface area contributed by atoms with Crippen LogP contribution in [0.1, 0.15) is 5.56 Å². The molecular weight excluding hydrogens is 228 g/mol. The molecular formula is C9H8Cl3N. The van der Waals surface area contributed by atoms with Crippen LogP contribution in [0.5, 0.6) is 0 Å². The molecule has 0 bridgehead atoms. The lowest BCUT2D eigenvalue weighted by Gasteiger charge is -2.02. The number of halogens is 3. The predicted molar refractivity (Wildman–Crippen MR) is 59.6 cm³/mol. The number of benzene rings is 1. The van der Waals surface area contributed by atoms with Gasteiger partial charge < -0.3 is 5.73 Å². The summed E-state index contributed by atoms with van der Waals surface area (Å²) < 4.78 is 0. The number of hydrogen-bond acceptors (Lipinski definition) is 1. The van der Waals surface area contributed by atoms with Gasteiger partial charge in [-0.15, -0.1) is 0 Å². The van der Waals surface area contributed by atoms with Crippen molar-refractivity contribution >= 4 is 40.9 Å². The van der Waals surface area contributed by atoms with Crippen molar-refractivity contribution in [2.24, 2.45) is 5.73 Å². The van der Waals surface area contributed by atoms with Gasteiger partial charge in [0.15, 0.2) is 0 Å². The smallest absolute Gasteiger partial charge is 0.0679 e. The second-order valence-electron chi connectivity index (χ2n) is 2.39. The van der Waals surface area contributed by atoms with Crippen molar-refractivity contribution in [3.63, 3.8) is 0 Å². The summed E-state index contributed by atoms with van der Waals surface area (Å²) in [7, 11) is 0. The molecule has 0 aliphatic heterocycles. The summed E-state index contributed by atoms with van der Waals surface area (Å²) in [5.41, 5.74) is 6.02. The van der Waals surface area contributed by atoms with E-state index in [0.29, 0.717) is 27.2 Å². The van der Waals surface area contributed by atoms with E-state index >= 15 is 0 Å². The second-order valence-corrected chi connectivity index (χ2v) is 3.59. The van der Waals surface area contributed by atoms with E-state index in [0.717, 1.165) is 0 Å². The third kappa shape index (κ3) is 2.61. The number of nitrogens with two attached hydrogens (primary N) is 1. The van der Waals surface area contributed by atoms with Gasteiger partial charge >= 0.3 is 0 Å². The van der Waals surface area contributed by atoms with Crippen molar-refractivity contribution in [3.05, 3.63) is 38.8 Å². The van der Waals surface area contributed by atoms with E-state index in [4.69, 9.17) is 40.5 Å². The van der Waals surface area contributed by atoms with Crippen molar-refractivity contribution in [2.75, 3.05) is 6.54 Å². The maximum atomic E-state index is 5.93. The average Bonchev–Trinajstić information content (AvgIpc) is 2.12. The monoisotopic (exact) mass is 235 g/mol. The van der Waals surface area contributed by atoms with Crippen LogP contribution in [0.25, 0.3) is 6.08 Å². The molecule has 1 rings (SSSR count). The van der Waals surface area contributed by atoms with Crippen molar-refractivity contribution in [3.8, 4) is 0 Å². The van der Waals surface area contributed by atoms with E-state index in [2.05, 4.69) is 0 Å². The fraction of sp³-hybridized carbons (Fsp3) is 0.111. The standard InChI is InChI=1S/C9H8Cl3N/c10-7-3-4-8(11)9(12)6(7)2-1-5-13/h1-4H,5,13H2. The van der Waals surface area contributed by atoms with Crippen LogP contribution in [-0.4, -0.2) is 6.54 Å². The van der Waals surface area contributed by atoms with Crippen LogP contribution >= 0.6 is 34.8 Å². The van der Waals surface area contributed by atoms with E-state index in [1.54, 1.807) is 24.3 Å². The molecule has 0 atom stereocenters. The first-order chi connectivity index (χ1) is 6.16. The van der Waals surface area contributed by atoms with Gasteiger partial charge in [0.1, 0.15) is 0 Å². The predicted octanol–water partition coefficient (Wildman–Crippen LogP) is 3.62. The third-order valence-electron chi connectivity index (χ3n) is 1.50. The van der Waals surface area contributed by atoms with Crippen LogP contribution in [-0.2, 0) is 0 Å². The minimum Gasteiger partial charge on any atom is -0.327 e. The summed E-state index contributed by atoms with van der Waals surface area (Å²) in [4.78, 5) is 0. The number of rotatable bonds is 2. The average molecular weight is 237 g/mol. The molecule has 4 heteroatoms. The number of hydrogen-bond donors (Lipinski definition) is 1. The normalized spacial score (nSPS) is 11.1. The van der Waals surface area contributed by atoms with E-state index in [9.17, 15) is 0 Å². The van der Waals surface area contributed by atoms with Gasteiger partial charge in [-0.3, -0.25) is 0 Å². The van der Waals surface area contributed by atoms with Crippen molar-refractivity contribution < 1.29 is 0 Å². The molecule has 0 heterocycles. The van der Waals surface area contributed by atoms with Crippen LogP contribution in [0, 0.1) is 0 Å². The van der Waals surface area contributed by atoms with Gasteiger partial charge in [0.25, 0.3) is 0 Å². The molecule has 70 valence electrons. The first kappa shape index (κ1) is 10.9. The van der Waals surface area contributed by atoms with Gasteiger partial charge in [-0.1, -0.05) is 47.0 Å². The highest BCUT2D eigenvalue weighted by molar-refractivity contribution is 6.44. The van der Waals surface area contributed by atoms with E-state index in [1.807, 2.05) is 0 Å². The first-order valence-electron chi connectivity index (χ1n) is 3.67. The fourth-order valence-electron chi connectivity index (χ4n) is 0.881. The molecule has 0 amide bonds. The highest BCUT2D eigenvalue weighted by Gasteiger charge is 2.05. The Labute approximate surface area is 92.1 Å². The molecule has 0 saturated carbocycles. The van der Waals surface area contributed by atoms with Gasteiger partial charge in [0.05, 0.1) is 10.0 Å². The lowest BCUT2D eigenvalue weighted by atomic mass is 10.2. The molecule has 1 nitrogen and oxygen atoms in total. The lowest BCUT2D eigenvalue weighted by Crippen LogP contribution is -1.92. The Kier molecular flexibility index (Phi) is 4.07. The van der Waals surface area contributed by atoms with Gasteiger partial charge in [-0.2, -0.15) is 0 Å². The third-order valence-corrected chi connectivity index (χ3v) is 2.65. The summed E-state index contributed by atoms with van der Waals surface area (Å²) in [6, 6.07) is 3.36. The second kappa shape index (κ2) is 4.87. The summed E-state index contributed by atoms with van der Waals surface area (Å²) in [5, 5.41) is 1.51. The van der Waals surface area contributed by atoms with Crippen LogP contribution < -0.4 is 5.73 Å². The van der Waals surface area contributed by atoms with Crippen LogP contribution in [0.2, 0.25) is 15.1 Å². The SMILES string of the molecule is NCC=Cc1c(Cl)ccc(Cl)c1Cl. The zero-order chi connectivity index (χ0) is 9.84. The largest absolute Gasteiger partial charge is 0.327 e. The molecule has 0 saturated heterocycles. The molecule has 0 spiro atoms. The van der Waals surface area contributed by atoms with Crippen molar-refractivity contribution in [1.29, 1.82) is 0 Å². The molecule has 2 N–H and O–H groups in total. The summed E-state index contributed by atoms with van der Waals surface area (Å²) in [6.45, 7) is 0.444. The van der Waals surface area contributed by atoms with E-state index in [1.165, 1.54) is 0 Å². The minimum atomic E-state index is 0.444. The van der Waals surface area contributed by atoms with E-state index < -0.39 is 0 Å². The zero-order valence-corrected chi connectivity index (χ0v) is 9.00. The molecule has 13 heavy (non-hydrogen) atoms. The Balaban J connectivity index is 3.17. The quantitative estimate of drug-likeness (QED) is 0.780. The molecule has 1 aromatic carbocycles. The fourth-order valence-corrected chi connectivity index (χ4v) is 1.54. The Hall–Kier alpha value is -0.210. The van der Waals surface area contributed by atoms with Gasteiger partial charge in [-0.25, -0.2) is 0 Å². The molecule has 0 aliphatic rings. The van der Waals surface area contributed by atoms with Crippen LogP contribution in [0.4, 0.5) is 0 Å². The molecule has 0 aromatic heterocycles. The first-order valence-corrected chi connectivity index (χ1v) is 4.80. The van der Waals surface area contributed by atoms with Gasteiger partial charge in [0, 0.05) is 17.1 Å². The zero-order valence-electron chi connectivity index (χ0n) is 6.73. The van der Waals surface area contributed by atoms with Crippen LogP contribution in [0.3, 0.4) is 0 Å². The lowest BCUT2D eigenvalue weighted by molar-refractivity contribution is 1.26. The summed E-state index contributed by atoms with van der Waals surface area (Å²) in [5.74, 6) is 0. The van der Waals surface area contributed by atoms with Gasteiger partial charge in [-0.05, 0) is 12.1 Å². The molecule has 0 aliphatic carbocycles. The van der Waals surface area contributed by atoms with Crippen molar-refractivity contribution in [1.82, 2.24) is 0 Å². The Bertz CT molecular complexity index is 334. The Morgan fingerprint density at radius 3 is 2.38 bits per heavy atom. The highest BCUT2D eigenvalue weighted by Crippen LogP contribution is 2.32.